The van der Waals surface area contributed by atoms with Crippen molar-refractivity contribution >= 4 is 11.6 Å². The molecule has 2 nitrogen and oxygen atoms in total. The second-order valence-electron chi connectivity index (χ2n) is 4.43. The van der Waals surface area contributed by atoms with Gasteiger partial charge < -0.3 is 5.73 Å². The lowest BCUT2D eigenvalue weighted by Crippen LogP contribution is -2.29. The minimum absolute atomic E-state index is 0.521. The highest BCUT2D eigenvalue weighted by atomic mass is 35.5. The lowest BCUT2D eigenvalue weighted by atomic mass is 10.1. The lowest BCUT2D eigenvalue weighted by molar-refractivity contribution is 0.221. The number of halogens is 1. The standard InChI is InChI=1S/C13H19ClN2/c14-13-11(9-15)5-4-6-12(13)10-16-7-2-1-3-8-16/h4-6H,1-3,7-10,15H2. The molecule has 0 aromatic heterocycles. The Hall–Kier alpha value is -0.570. The van der Waals surface area contributed by atoms with Crippen LogP contribution in [0.5, 0.6) is 0 Å². The molecule has 0 atom stereocenters. The molecule has 88 valence electrons. The second kappa shape index (κ2) is 5.67. The van der Waals surface area contributed by atoms with Crippen molar-refractivity contribution in [2.24, 2.45) is 5.73 Å². The van der Waals surface area contributed by atoms with E-state index >= 15 is 0 Å². The van der Waals surface area contributed by atoms with Gasteiger partial charge in [0.05, 0.1) is 0 Å². The zero-order valence-electron chi connectivity index (χ0n) is 9.58. The molecule has 2 rings (SSSR count). The fraction of sp³-hybridized carbons (Fsp3) is 0.538. The fourth-order valence-electron chi connectivity index (χ4n) is 2.27. The first-order valence-corrected chi connectivity index (χ1v) is 6.38. The second-order valence-corrected chi connectivity index (χ2v) is 4.81. The van der Waals surface area contributed by atoms with Crippen LogP contribution in [0, 0.1) is 0 Å². The highest BCUT2D eigenvalue weighted by Gasteiger charge is 2.12. The molecule has 1 heterocycles. The maximum Gasteiger partial charge on any atom is 0.0495 e. The van der Waals surface area contributed by atoms with Gasteiger partial charge in [-0.25, -0.2) is 0 Å². The first-order valence-electron chi connectivity index (χ1n) is 6.00. The summed E-state index contributed by atoms with van der Waals surface area (Å²) >= 11 is 6.32. The van der Waals surface area contributed by atoms with E-state index in [1.165, 1.54) is 37.9 Å². The fourth-order valence-corrected chi connectivity index (χ4v) is 2.53. The first kappa shape index (κ1) is 11.9. The normalized spacial score (nSPS) is 17.6. The van der Waals surface area contributed by atoms with Crippen molar-refractivity contribution in [3.63, 3.8) is 0 Å². The highest BCUT2D eigenvalue weighted by molar-refractivity contribution is 6.32. The number of likely N-dealkylation sites (tertiary alicyclic amines) is 1. The summed E-state index contributed by atoms with van der Waals surface area (Å²) < 4.78 is 0. The maximum absolute atomic E-state index is 6.32. The van der Waals surface area contributed by atoms with Crippen molar-refractivity contribution < 1.29 is 0 Å². The highest BCUT2D eigenvalue weighted by Crippen LogP contribution is 2.23. The molecule has 1 aliphatic rings. The molecule has 1 saturated heterocycles. The minimum atomic E-state index is 0.521. The van der Waals surface area contributed by atoms with Crippen molar-refractivity contribution in [2.75, 3.05) is 13.1 Å². The molecule has 0 unspecified atom stereocenters. The summed E-state index contributed by atoms with van der Waals surface area (Å²) in [6.07, 6.45) is 4.00. The predicted octanol–water partition coefficient (Wildman–Crippen LogP) is 2.78. The Morgan fingerprint density at radius 3 is 2.50 bits per heavy atom. The van der Waals surface area contributed by atoms with Gasteiger partial charge in [0.25, 0.3) is 0 Å². The van der Waals surface area contributed by atoms with Crippen LogP contribution in [0.3, 0.4) is 0 Å². The van der Waals surface area contributed by atoms with Crippen LogP contribution in [0.1, 0.15) is 30.4 Å². The molecular weight excluding hydrogens is 220 g/mol. The van der Waals surface area contributed by atoms with Gasteiger partial charge in [0.1, 0.15) is 0 Å². The number of hydrogen-bond acceptors (Lipinski definition) is 2. The molecule has 1 aliphatic heterocycles. The van der Waals surface area contributed by atoms with Crippen molar-refractivity contribution in [1.82, 2.24) is 4.90 Å². The van der Waals surface area contributed by atoms with Crippen LogP contribution in [0.25, 0.3) is 0 Å². The SMILES string of the molecule is NCc1cccc(CN2CCCCC2)c1Cl. The van der Waals surface area contributed by atoms with E-state index in [4.69, 9.17) is 17.3 Å². The Morgan fingerprint density at radius 2 is 1.81 bits per heavy atom. The molecule has 1 aromatic carbocycles. The lowest BCUT2D eigenvalue weighted by Gasteiger charge is -2.27. The van der Waals surface area contributed by atoms with E-state index in [9.17, 15) is 0 Å². The smallest absolute Gasteiger partial charge is 0.0495 e. The van der Waals surface area contributed by atoms with Crippen LogP contribution in [0.4, 0.5) is 0 Å². The summed E-state index contributed by atoms with van der Waals surface area (Å²) in [6.45, 7) is 3.88. The number of rotatable bonds is 3. The summed E-state index contributed by atoms with van der Waals surface area (Å²) in [4.78, 5) is 2.48. The molecule has 0 saturated carbocycles. The van der Waals surface area contributed by atoms with Crippen molar-refractivity contribution in [3.8, 4) is 0 Å². The molecule has 2 N–H and O–H groups in total. The Bertz CT molecular complexity index is 346. The van der Waals surface area contributed by atoms with Crippen molar-refractivity contribution in [2.45, 2.75) is 32.4 Å². The molecule has 0 spiro atoms. The van der Waals surface area contributed by atoms with Gasteiger partial charge >= 0.3 is 0 Å². The number of piperidine rings is 1. The molecule has 0 aliphatic carbocycles. The molecule has 0 bridgehead atoms. The van der Waals surface area contributed by atoms with Gasteiger partial charge in [0.2, 0.25) is 0 Å². The average Bonchev–Trinajstić information content (AvgIpc) is 2.33. The van der Waals surface area contributed by atoms with Crippen LogP contribution < -0.4 is 5.73 Å². The summed E-state index contributed by atoms with van der Waals surface area (Å²) in [5.74, 6) is 0. The molecule has 1 aromatic rings. The van der Waals surface area contributed by atoms with Crippen LogP contribution in [-0.4, -0.2) is 18.0 Å². The Morgan fingerprint density at radius 1 is 1.12 bits per heavy atom. The van der Waals surface area contributed by atoms with Gasteiger partial charge in [0.15, 0.2) is 0 Å². The van der Waals surface area contributed by atoms with Gasteiger partial charge in [-0.3, -0.25) is 4.90 Å². The van der Waals surface area contributed by atoms with Gasteiger partial charge in [-0.2, -0.15) is 0 Å². The molecular formula is C13H19ClN2. The van der Waals surface area contributed by atoms with Gasteiger partial charge in [-0.05, 0) is 37.1 Å². The van der Waals surface area contributed by atoms with E-state index in [0.717, 1.165) is 17.1 Å². The van der Waals surface area contributed by atoms with Crippen molar-refractivity contribution in [1.29, 1.82) is 0 Å². The number of nitrogens with two attached hydrogens (primary N) is 1. The predicted molar refractivity (Wildman–Crippen MR) is 68.5 cm³/mol. The zero-order chi connectivity index (χ0) is 11.4. The number of benzene rings is 1. The molecule has 16 heavy (non-hydrogen) atoms. The third-order valence-corrected chi connectivity index (χ3v) is 3.71. The third kappa shape index (κ3) is 2.76. The van der Waals surface area contributed by atoms with E-state index in [1.807, 2.05) is 12.1 Å². The summed E-state index contributed by atoms with van der Waals surface area (Å²) in [7, 11) is 0. The third-order valence-electron chi connectivity index (χ3n) is 3.22. The summed E-state index contributed by atoms with van der Waals surface area (Å²) in [5.41, 5.74) is 7.92. The van der Waals surface area contributed by atoms with E-state index < -0.39 is 0 Å². The average molecular weight is 239 g/mol. The van der Waals surface area contributed by atoms with Crippen molar-refractivity contribution in [3.05, 3.63) is 34.3 Å². The monoisotopic (exact) mass is 238 g/mol. The van der Waals surface area contributed by atoms with Crippen LogP contribution in [-0.2, 0) is 13.1 Å². The van der Waals surface area contributed by atoms with Crippen LogP contribution in [0.15, 0.2) is 18.2 Å². The van der Waals surface area contributed by atoms with E-state index in [-0.39, 0.29) is 0 Å². The Labute approximate surface area is 102 Å². The summed E-state index contributed by atoms with van der Waals surface area (Å²) in [6, 6.07) is 6.16. The van der Waals surface area contributed by atoms with Crippen LogP contribution >= 0.6 is 11.6 Å². The molecule has 1 fully saturated rings. The largest absolute Gasteiger partial charge is 0.326 e. The molecule has 3 heteroatoms. The quantitative estimate of drug-likeness (QED) is 0.878. The Balaban J connectivity index is 2.08. The van der Waals surface area contributed by atoms with E-state index in [1.54, 1.807) is 0 Å². The minimum Gasteiger partial charge on any atom is -0.326 e. The molecule has 0 radical (unpaired) electrons. The summed E-state index contributed by atoms with van der Waals surface area (Å²) in [5, 5.41) is 0.857. The first-order chi connectivity index (χ1) is 7.81. The van der Waals surface area contributed by atoms with Gasteiger partial charge in [-0.15, -0.1) is 0 Å². The Kier molecular flexibility index (Phi) is 4.22. The molecule has 0 amide bonds. The van der Waals surface area contributed by atoms with E-state index in [0.29, 0.717) is 6.54 Å². The zero-order valence-corrected chi connectivity index (χ0v) is 10.3. The van der Waals surface area contributed by atoms with Crippen LogP contribution in [0.2, 0.25) is 5.02 Å². The maximum atomic E-state index is 6.32. The number of nitrogens with zero attached hydrogens (tertiary/aromatic N) is 1. The van der Waals surface area contributed by atoms with Gasteiger partial charge in [-0.1, -0.05) is 36.2 Å². The van der Waals surface area contributed by atoms with Gasteiger partial charge in [0, 0.05) is 18.1 Å². The number of hydrogen-bond donors (Lipinski definition) is 1. The van der Waals surface area contributed by atoms with E-state index in [2.05, 4.69) is 11.0 Å². The topological polar surface area (TPSA) is 29.3 Å².